The molecule has 6 nitrogen and oxygen atoms in total. The monoisotopic (exact) mass is 524 g/mol. The predicted molar refractivity (Wildman–Crippen MR) is 137 cm³/mol. The van der Waals surface area contributed by atoms with Gasteiger partial charge in [-0.15, -0.1) is 0 Å². The van der Waals surface area contributed by atoms with Crippen molar-refractivity contribution >= 4 is 16.0 Å². The highest BCUT2D eigenvalue weighted by molar-refractivity contribution is 7.90. The zero-order chi connectivity index (χ0) is 26.6. The summed E-state index contributed by atoms with van der Waals surface area (Å²) in [6.07, 6.45) is -2.87. The third-order valence-corrected chi connectivity index (χ3v) is 6.89. The molecule has 0 amide bonds. The van der Waals surface area contributed by atoms with Crippen molar-refractivity contribution in [3.63, 3.8) is 0 Å². The van der Waals surface area contributed by atoms with Gasteiger partial charge in [0.2, 0.25) is 5.96 Å². The summed E-state index contributed by atoms with van der Waals surface area (Å²) in [5, 5.41) is 0. The minimum atomic E-state index is -4.45. The van der Waals surface area contributed by atoms with Gasteiger partial charge < -0.3 is 5.73 Å². The van der Waals surface area contributed by atoms with Crippen molar-refractivity contribution in [2.24, 2.45) is 10.7 Å². The Morgan fingerprint density at radius 3 is 2.19 bits per heavy atom. The fourth-order valence-electron chi connectivity index (χ4n) is 3.60. The van der Waals surface area contributed by atoms with Crippen molar-refractivity contribution in [2.45, 2.75) is 24.5 Å². The zero-order valence-electron chi connectivity index (χ0n) is 19.7. The molecule has 0 bridgehead atoms. The number of hydrogen-bond donors (Lipinski definition) is 2. The van der Waals surface area contributed by atoms with Crippen LogP contribution in [-0.4, -0.2) is 19.4 Å². The summed E-state index contributed by atoms with van der Waals surface area (Å²) in [5.41, 5.74) is 9.25. The number of hydrogen-bond acceptors (Lipinski definition) is 4. The molecule has 37 heavy (non-hydrogen) atoms. The van der Waals surface area contributed by atoms with E-state index in [0.717, 1.165) is 23.3 Å². The number of sulfonamides is 1. The van der Waals surface area contributed by atoms with Crippen LogP contribution in [0.15, 0.2) is 101 Å². The van der Waals surface area contributed by atoms with Gasteiger partial charge in [-0.25, -0.2) is 18.1 Å². The first kappa shape index (κ1) is 25.9. The van der Waals surface area contributed by atoms with Gasteiger partial charge in [-0.2, -0.15) is 13.2 Å². The number of pyridine rings is 1. The van der Waals surface area contributed by atoms with E-state index >= 15 is 0 Å². The van der Waals surface area contributed by atoms with Crippen molar-refractivity contribution < 1.29 is 21.6 Å². The first-order valence-electron chi connectivity index (χ1n) is 11.1. The van der Waals surface area contributed by atoms with E-state index in [1.807, 2.05) is 31.2 Å². The molecule has 0 aliphatic carbocycles. The average Bonchev–Trinajstić information content (AvgIpc) is 2.88. The van der Waals surface area contributed by atoms with Crippen molar-refractivity contribution in [1.82, 2.24) is 9.71 Å². The van der Waals surface area contributed by atoms with Crippen LogP contribution in [0.3, 0.4) is 0 Å². The number of halogens is 3. The normalized spacial score (nSPS) is 12.4. The van der Waals surface area contributed by atoms with Gasteiger partial charge in [0, 0.05) is 17.3 Å². The lowest BCUT2D eigenvalue weighted by molar-refractivity contribution is -0.137. The van der Waals surface area contributed by atoms with Crippen LogP contribution in [0, 0.1) is 6.92 Å². The molecule has 0 atom stereocenters. The van der Waals surface area contributed by atoms with E-state index in [0.29, 0.717) is 22.4 Å². The van der Waals surface area contributed by atoms with Gasteiger partial charge in [-0.05, 0) is 48.4 Å². The number of aliphatic imine (C=N–C) groups is 1. The molecule has 3 aromatic carbocycles. The Labute approximate surface area is 212 Å². The van der Waals surface area contributed by atoms with Gasteiger partial charge in [0.15, 0.2) is 0 Å². The molecule has 0 spiro atoms. The van der Waals surface area contributed by atoms with E-state index in [4.69, 9.17) is 5.73 Å². The summed E-state index contributed by atoms with van der Waals surface area (Å²) in [7, 11) is -3.89. The van der Waals surface area contributed by atoms with E-state index < -0.39 is 21.8 Å². The SMILES string of the molecule is Cc1ccc(-c2ncc(CN=C(N)NS(=O)(=O)c3ccccc3)cc2-c2ccc(C(F)(F)F)cc2)cc1. The lowest BCUT2D eigenvalue weighted by Gasteiger charge is -2.13. The van der Waals surface area contributed by atoms with Crippen LogP contribution in [-0.2, 0) is 22.7 Å². The van der Waals surface area contributed by atoms with Crippen LogP contribution in [0.1, 0.15) is 16.7 Å². The third kappa shape index (κ3) is 6.34. The van der Waals surface area contributed by atoms with Crippen molar-refractivity contribution in [3.8, 4) is 22.4 Å². The Morgan fingerprint density at radius 1 is 0.946 bits per heavy atom. The zero-order valence-corrected chi connectivity index (χ0v) is 20.5. The fourth-order valence-corrected chi connectivity index (χ4v) is 4.57. The van der Waals surface area contributed by atoms with Crippen LogP contribution in [0.5, 0.6) is 0 Å². The summed E-state index contributed by atoms with van der Waals surface area (Å²) in [5.74, 6) is -0.303. The molecule has 0 fully saturated rings. The van der Waals surface area contributed by atoms with Crippen molar-refractivity contribution in [2.75, 3.05) is 0 Å². The fraction of sp³-hybridized carbons (Fsp3) is 0.111. The molecule has 3 N–H and O–H groups in total. The number of benzene rings is 3. The molecular formula is C27H23F3N4O2S. The molecule has 4 aromatic rings. The first-order valence-corrected chi connectivity index (χ1v) is 12.6. The highest BCUT2D eigenvalue weighted by atomic mass is 32.2. The molecule has 1 heterocycles. The van der Waals surface area contributed by atoms with Gasteiger partial charge in [0.05, 0.1) is 22.7 Å². The van der Waals surface area contributed by atoms with E-state index in [1.165, 1.54) is 24.3 Å². The number of aromatic nitrogens is 1. The molecule has 0 aliphatic rings. The van der Waals surface area contributed by atoms with Gasteiger partial charge in [0.25, 0.3) is 10.0 Å². The van der Waals surface area contributed by atoms with Crippen LogP contribution in [0.2, 0.25) is 0 Å². The minimum absolute atomic E-state index is 0.00203. The number of alkyl halides is 3. The molecule has 0 saturated carbocycles. The van der Waals surface area contributed by atoms with E-state index in [1.54, 1.807) is 30.5 Å². The first-order chi connectivity index (χ1) is 17.5. The lowest BCUT2D eigenvalue weighted by Crippen LogP contribution is -2.36. The van der Waals surface area contributed by atoms with Crippen LogP contribution < -0.4 is 10.5 Å². The Kier molecular flexibility index (Phi) is 7.30. The Balaban J connectivity index is 1.65. The largest absolute Gasteiger partial charge is 0.416 e. The summed E-state index contributed by atoms with van der Waals surface area (Å²) in [4.78, 5) is 8.71. The summed E-state index contributed by atoms with van der Waals surface area (Å²) in [6.45, 7) is 1.95. The van der Waals surface area contributed by atoms with Crippen LogP contribution >= 0.6 is 0 Å². The maximum atomic E-state index is 13.1. The average molecular weight is 525 g/mol. The highest BCUT2D eigenvalue weighted by Crippen LogP contribution is 2.34. The highest BCUT2D eigenvalue weighted by Gasteiger charge is 2.30. The second-order valence-electron chi connectivity index (χ2n) is 8.30. The molecule has 10 heteroatoms. The number of nitrogens with two attached hydrogens (primary N) is 1. The minimum Gasteiger partial charge on any atom is -0.369 e. The van der Waals surface area contributed by atoms with E-state index in [9.17, 15) is 21.6 Å². The Bertz CT molecular complexity index is 1520. The molecule has 4 rings (SSSR count). The van der Waals surface area contributed by atoms with Gasteiger partial charge >= 0.3 is 6.18 Å². The Hall–Kier alpha value is -4.18. The van der Waals surface area contributed by atoms with Crippen molar-refractivity contribution in [1.29, 1.82) is 0 Å². The van der Waals surface area contributed by atoms with Crippen LogP contribution in [0.25, 0.3) is 22.4 Å². The number of nitrogens with one attached hydrogen (secondary N) is 1. The standard InChI is InChI=1S/C27H23F3N4O2S/c1-18-7-9-21(10-8-18)25-24(20-11-13-22(14-12-20)27(28,29)30)15-19(16-32-25)17-33-26(31)34-37(35,36)23-5-3-2-4-6-23/h2-16H,17H2,1H3,(H3,31,33,34). The second kappa shape index (κ2) is 10.4. The number of nitrogens with zero attached hydrogens (tertiary/aromatic N) is 2. The van der Waals surface area contributed by atoms with Gasteiger partial charge in [0.1, 0.15) is 0 Å². The maximum absolute atomic E-state index is 13.1. The third-order valence-electron chi connectivity index (χ3n) is 5.52. The molecule has 190 valence electrons. The van der Waals surface area contributed by atoms with E-state index in [-0.39, 0.29) is 17.4 Å². The van der Waals surface area contributed by atoms with Crippen molar-refractivity contribution in [3.05, 3.63) is 108 Å². The van der Waals surface area contributed by atoms with Crippen LogP contribution in [0.4, 0.5) is 13.2 Å². The summed E-state index contributed by atoms with van der Waals surface area (Å²) >= 11 is 0. The number of guanidine groups is 1. The predicted octanol–water partition coefficient (Wildman–Crippen LogP) is 5.54. The van der Waals surface area contributed by atoms with E-state index in [2.05, 4.69) is 14.7 Å². The maximum Gasteiger partial charge on any atom is 0.416 e. The molecule has 0 aliphatic heterocycles. The summed E-state index contributed by atoms with van der Waals surface area (Å²) < 4.78 is 66.4. The molecule has 0 radical (unpaired) electrons. The molecule has 1 aromatic heterocycles. The molecular weight excluding hydrogens is 501 g/mol. The quantitative estimate of drug-likeness (QED) is 0.256. The topological polar surface area (TPSA) is 97.4 Å². The van der Waals surface area contributed by atoms with Gasteiger partial charge in [-0.3, -0.25) is 4.98 Å². The smallest absolute Gasteiger partial charge is 0.369 e. The summed E-state index contributed by atoms with van der Waals surface area (Å²) in [6, 6.07) is 21.9. The molecule has 0 saturated heterocycles. The lowest BCUT2D eigenvalue weighted by atomic mass is 9.96. The second-order valence-corrected chi connectivity index (χ2v) is 9.98. The Morgan fingerprint density at radius 2 is 1.57 bits per heavy atom. The molecule has 0 unspecified atom stereocenters. The number of aryl methyl sites for hydroxylation is 1. The van der Waals surface area contributed by atoms with Gasteiger partial charge in [-0.1, -0.05) is 60.2 Å². The number of rotatable bonds is 6.